The lowest BCUT2D eigenvalue weighted by Gasteiger charge is -2.12. The molecule has 136 valence electrons. The number of rotatable bonds is 6. The van der Waals surface area contributed by atoms with Gasteiger partial charge in [0.1, 0.15) is 5.75 Å². The Labute approximate surface area is 162 Å². The highest BCUT2D eigenvalue weighted by atomic mass is 79.9. The number of hydrogen-bond donors (Lipinski definition) is 0. The molecule has 0 radical (unpaired) electrons. The number of halogens is 1. The molecule has 0 heterocycles. The summed E-state index contributed by atoms with van der Waals surface area (Å²) in [5.41, 5.74) is 3.39. The number of aryl methyl sites for hydroxylation is 2. The molecule has 0 amide bonds. The quantitative estimate of drug-likeness (QED) is 0.381. The molecule has 0 aliphatic rings. The molecular formula is C21H21BrO4. The smallest absolute Gasteiger partial charge is 0.331 e. The van der Waals surface area contributed by atoms with E-state index in [4.69, 9.17) is 9.47 Å². The summed E-state index contributed by atoms with van der Waals surface area (Å²) in [6.45, 7) is 5.49. The minimum Gasteiger partial charge on any atom is -0.496 e. The maximum atomic E-state index is 12.4. The molecule has 0 N–H and O–H groups in total. The SMILES string of the molecule is COc1ccc(Br)cc1/C=C/C(=O)O[C@H](C)C(=O)c1ccc(C)c(C)c1. The van der Waals surface area contributed by atoms with Crippen molar-refractivity contribution in [3.63, 3.8) is 0 Å². The number of ketones is 1. The van der Waals surface area contributed by atoms with Crippen LogP contribution < -0.4 is 4.74 Å². The first-order chi connectivity index (χ1) is 12.3. The summed E-state index contributed by atoms with van der Waals surface area (Å²) in [5.74, 6) is -0.178. The number of esters is 1. The van der Waals surface area contributed by atoms with Crippen LogP contribution in [0.2, 0.25) is 0 Å². The molecule has 0 spiro atoms. The van der Waals surface area contributed by atoms with Gasteiger partial charge in [0.05, 0.1) is 7.11 Å². The second-order valence-corrected chi connectivity index (χ2v) is 6.88. The average Bonchev–Trinajstić information content (AvgIpc) is 2.61. The zero-order valence-corrected chi connectivity index (χ0v) is 16.8. The molecule has 0 unspecified atom stereocenters. The molecule has 0 aliphatic carbocycles. The molecule has 2 aromatic rings. The van der Waals surface area contributed by atoms with Crippen LogP contribution in [0.5, 0.6) is 5.75 Å². The summed E-state index contributed by atoms with van der Waals surface area (Å²) >= 11 is 3.38. The lowest BCUT2D eigenvalue weighted by Crippen LogP contribution is -2.23. The van der Waals surface area contributed by atoms with Crippen molar-refractivity contribution in [2.45, 2.75) is 26.9 Å². The van der Waals surface area contributed by atoms with Gasteiger partial charge in [-0.25, -0.2) is 4.79 Å². The Morgan fingerprint density at radius 2 is 1.81 bits per heavy atom. The first kappa shape index (κ1) is 19.9. The monoisotopic (exact) mass is 416 g/mol. The largest absolute Gasteiger partial charge is 0.496 e. The summed E-state index contributed by atoms with van der Waals surface area (Å²) in [7, 11) is 1.56. The zero-order valence-electron chi connectivity index (χ0n) is 15.2. The number of hydrogen-bond acceptors (Lipinski definition) is 4. The van der Waals surface area contributed by atoms with E-state index in [1.54, 1.807) is 32.2 Å². The molecule has 0 saturated heterocycles. The number of ether oxygens (including phenoxy) is 2. The Hall–Kier alpha value is -2.40. The average molecular weight is 417 g/mol. The van der Waals surface area contributed by atoms with Crippen LogP contribution in [-0.4, -0.2) is 25.0 Å². The fourth-order valence-electron chi connectivity index (χ4n) is 2.39. The van der Waals surface area contributed by atoms with Crippen LogP contribution >= 0.6 is 15.9 Å². The van der Waals surface area contributed by atoms with Crippen molar-refractivity contribution >= 4 is 33.8 Å². The van der Waals surface area contributed by atoms with E-state index < -0.39 is 12.1 Å². The Balaban J connectivity index is 2.06. The highest BCUT2D eigenvalue weighted by Gasteiger charge is 2.19. The van der Waals surface area contributed by atoms with Gasteiger partial charge < -0.3 is 9.47 Å². The van der Waals surface area contributed by atoms with Gasteiger partial charge in [0, 0.05) is 21.7 Å². The predicted octanol–water partition coefficient (Wildman–Crippen LogP) is 4.90. The summed E-state index contributed by atoms with van der Waals surface area (Å²) in [6.07, 6.45) is 2.02. The molecule has 0 bridgehead atoms. The van der Waals surface area contributed by atoms with Gasteiger partial charge in [0.25, 0.3) is 0 Å². The van der Waals surface area contributed by atoms with Gasteiger partial charge in [0.2, 0.25) is 5.78 Å². The third-order valence-corrected chi connectivity index (χ3v) is 4.54. The Morgan fingerprint density at radius 3 is 2.46 bits per heavy atom. The summed E-state index contributed by atoms with van der Waals surface area (Å²) in [5, 5.41) is 0. The molecular weight excluding hydrogens is 396 g/mol. The molecule has 1 atom stereocenters. The minimum atomic E-state index is -0.862. The molecule has 5 heteroatoms. The van der Waals surface area contributed by atoms with Gasteiger partial charge in [-0.2, -0.15) is 0 Å². The highest BCUT2D eigenvalue weighted by molar-refractivity contribution is 9.10. The highest BCUT2D eigenvalue weighted by Crippen LogP contribution is 2.24. The van der Waals surface area contributed by atoms with Crippen LogP contribution in [0.3, 0.4) is 0 Å². The fraction of sp³-hybridized carbons (Fsp3) is 0.238. The van der Waals surface area contributed by atoms with Crippen molar-refractivity contribution < 1.29 is 19.1 Å². The molecule has 0 fully saturated rings. The van der Waals surface area contributed by atoms with Crippen LogP contribution in [-0.2, 0) is 9.53 Å². The fourth-order valence-corrected chi connectivity index (χ4v) is 2.77. The maximum absolute atomic E-state index is 12.4. The number of Topliss-reactive ketones (excluding diaryl/α,β-unsaturated/α-hetero) is 1. The predicted molar refractivity (Wildman–Crippen MR) is 106 cm³/mol. The number of carbonyl (C=O) groups is 2. The molecule has 2 rings (SSSR count). The minimum absolute atomic E-state index is 0.227. The van der Waals surface area contributed by atoms with Gasteiger partial charge in [-0.1, -0.05) is 28.1 Å². The first-order valence-electron chi connectivity index (χ1n) is 8.15. The van der Waals surface area contributed by atoms with Crippen LogP contribution in [0, 0.1) is 13.8 Å². The van der Waals surface area contributed by atoms with Gasteiger partial charge in [-0.15, -0.1) is 0 Å². The van der Waals surface area contributed by atoms with Crippen molar-refractivity contribution in [3.05, 3.63) is 69.2 Å². The molecule has 0 saturated carbocycles. The topological polar surface area (TPSA) is 52.6 Å². The zero-order chi connectivity index (χ0) is 19.3. The standard InChI is InChI=1S/C21H21BrO4/c1-13-5-6-17(11-14(13)2)21(24)15(3)26-20(23)10-7-16-12-18(22)8-9-19(16)25-4/h5-12,15H,1-4H3/b10-7+/t15-/m1/s1. The van der Waals surface area contributed by atoms with Crippen LogP contribution in [0.15, 0.2) is 46.9 Å². The van der Waals surface area contributed by atoms with E-state index in [0.29, 0.717) is 11.3 Å². The van der Waals surface area contributed by atoms with Crippen molar-refractivity contribution in [3.8, 4) is 5.75 Å². The molecule has 26 heavy (non-hydrogen) atoms. The lowest BCUT2D eigenvalue weighted by atomic mass is 10.0. The molecule has 2 aromatic carbocycles. The third kappa shape index (κ3) is 5.05. The lowest BCUT2D eigenvalue weighted by molar-refractivity contribution is -0.140. The van der Waals surface area contributed by atoms with Crippen LogP contribution in [0.1, 0.15) is 34.0 Å². The third-order valence-electron chi connectivity index (χ3n) is 4.04. The Morgan fingerprint density at radius 1 is 1.08 bits per heavy atom. The van der Waals surface area contributed by atoms with Gasteiger partial charge >= 0.3 is 5.97 Å². The Bertz CT molecular complexity index is 855. The molecule has 4 nitrogen and oxygen atoms in total. The second kappa shape index (κ2) is 8.81. The summed E-state index contributed by atoms with van der Waals surface area (Å²) in [4.78, 5) is 24.5. The number of benzene rings is 2. The van der Waals surface area contributed by atoms with E-state index in [0.717, 1.165) is 21.2 Å². The van der Waals surface area contributed by atoms with Crippen molar-refractivity contribution in [2.75, 3.05) is 7.11 Å². The van der Waals surface area contributed by atoms with Crippen molar-refractivity contribution in [2.24, 2.45) is 0 Å². The first-order valence-corrected chi connectivity index (χ1v) is 8.95. The number of methoxy groups -OCH3 is 1. The van der Waals surface area contributed by atoms with E-state index in [-0.39, 0.29) is 5.78 Å². The number of carbonyl (C=O) groups excluding carboxylic acids is 2. The van der Waals surface area contributed by atoms with E-state index in [1.165, 1.54) is 6.08 Å². The van der Waals surface area contributed by atoms with E-state index >= 15 is 0 Å². The normalized spacial score (nSPS) is 12.0. The molecule has 0 aromatic heterocycles. The Kier molecular flexibility index (Phi) is 6.75. The van der Waals surface area contributed by atoms with Crippen molar-refractivity contribution in [1.82, 2.24) is 0 Å². The van der Waals surface area contributed by atoms with Crippen molar-refractivity contribution in [1.29, 1.82) is 0 Å². The maximum Gasteiger partial charge on any atom is 0.331 e. The van der Waals surface area contributed by atoms with Crippen LogP contribution in [0.25, 0.3) is 6.08 Å². The van der Waals surface area contributed by atoms with Gasteiger partial charge in [-0.05, 0) is 62.2 Å². The van der Waals surface area contributed by atoms with Gasteiger partial charge in [0.15, 0.2) is 6.10 Å². The van der Waals surface area contributed by atoms with Gasteiger partial charge in [-0.3, -0.25) is 4.79 Å². The van der Waals surface area contributed by atoms with E-state index in [9.17, 15) is 9.59 Å². The summed E-state index contributed by atoms with van der Waals surface area (Å²) in [6, 6.07) is 10.9. The molecule has 0 aliphatic heterocycles. The van der Waals surface area contributed by atoms with E-state index in [2.05, 4.69) is 15.9 Å². The summed E-state index contributed by atoms with van der Waals surface area (Å²) < 4.78 is 11.4. The van der Waals surface area contributed by atoms with E-state index in [1.807, 2.05) is 38.1 Å². The van der Waals surface area contributed by atoms with Crippen LogP contribution in [0.4, 0.5) is 0 Å². The second-order valence-electron chi connectivity index (χ2n) is 5.96.